The lowest BCUT2D eigenvalue weighted by atomic mass is 10.7. The summed E-state index contributed by atoms with van der Waals surface area (Å²) in [6, 6.07) is 0. The Labute approximate surface area is 88.3 Å². The normalized spacial score (nSPS) is 10.0. The molecule has 1 rings (SSSR count). The van der Waals surface area contributed by atoms with Crippen LogP contribution in [-0.2, 0) is 11.8 Å². The first-order chi connectivity index (χ1) is 6.97. The van der Waals surface area contributed by atoms with E-state index in [4.69, 9.17) is 17.3 Å². The highest BCUT2D eigenvalue weighted by atomic mass is 35.5. The van der Waals surface area contributed by atoms with Crippen LogP contribution in [-0.4, -0.2) is 26.0 Å². The summed E-state index contributed by atoms with van der Waals surface area (Å²) < 4.78 is 1.34. The van der Waals surface area contributed by atoms with Gasteiger partial charge in [0, 0.05) is 7.05 Å². The van der Waals surface area contributed by atoms with Crippen LogP contribution in [0.5, 0.6) is 0 Å². The summed E-state index contributed by atoms with van der Waals surface area (Å²) in [5, 5.41) is 0. The summed E-state index contributed by atoms with van der Waals surface area (Å²) in [7, 11) is 1.21. The van der Waals surface area contributed by atoms with Gasteiger partial charge in [-0.3, -0.25) is 10.2 Å². The number of nitrogens with zero attached hydrogens (tertiary/aromatic N) is 3. The van der Waals surface area contributed by atoms with Gasteiger partial charge < -0.3 is 5.73 Å². The smallest absolute Gasteiger partial charge is 0.354 e. The molecule has 9 heteroatoms. The molecule has 0 aromatic carbocycles. The minimum atomic E-state index is -0.800. The number of anilines is 1. The topological polar surface area (TPSA) is 112 Å². The third kappa shape index (κ3) is 2.15. The van der Waals surface area contributed by atoms with Crippen molar-refractivity contribution in [3.63, 3.8) is 0 Å². The first kappa shape index (κ1) is 11.2. The molecule has 0 aliphatic carbocycles. The largest absolute Gasteiger partial charge is 0.368 e. The van der Waals surface area contributed by atoms with Crippen molar-refractivity contribution in [2.24, 2.45) is 7.05 Å². The van der Waals surface area contributed by atoms with Crippen molar-refractivity contribution in [2.45, 2.75) is 0 Å². The Morgan fingerprint density at radius 3 is 2.73 bits per heavy atom. The SMILES string of the molecule is Cn1c(=O)nc(N)n(NC(=O)CCl)c1=O. The summed E-state index contributed by atoms with van der Waals surface area (Å²) in [5.74, 6) is -1.37. The summed E-state index contributed by atoms with van der Waals surface area (Å²) in [6.07, 6.45) is 0. The fourth-order valence-electron chi connectivity index (χ4n) is 0.812. The molecule has 0 unspecified atom stereocenters. The summed E-state index contributed by atoms with van der Waals surface area (Å²) in [4.78, 5) is 36.6. The highest BCUT2D eigenvalue weighted by Crippen LogP contribution is 1.85. The van der Waals surface area contributed by atoms with E-state index in [9.17, 15) is 14.4 Å². The van der Waals surface area contributed by atoms with E-state index in [1.807, 2.05) is 0 Å². The highest BCUT2D eigenvalue weighted by molar-refractivity contribution is 6.28. The maximum Gasteiger partial charge on any atom is 0.354 e. The molecule has 15 heavy (non-hydrogen) atoms. The maximum absolute atomic E-state index is 11.4. The van der Waals surface area contributed by atoms with Crippen LogP contribution < -0.4 is 22.5 Å². The molecule has 0 aliphatic heterocycles. The van der Waals surface area contributed by atoms with Crippen LogP contribution in [0.4, 0.5) is 5.95 Å². The van der Waals surface area contributed by atoms with Gasteiger partial charge in [-0.2, -0.15) is 9.66 Å². The van der Waals surface area contributed by atoms with Crippen molar-refractivity contribution < 1.29 is 4.79 Å². The van der Waals surface area contributed by atoms with E-state index in [0.717, 1.165) is 0 Å². The molecule has 0 saturated carbocycles. The van der Waals surface area contributed by atoms with Crippen LogP contribution in [0.15, 0.2) is 9.59 Å². The lowest BCUT2D eigenvalue weighted by Crippen LogP contribution is -2.46. The second-order valence-electron chi connectivity index (χ2n) is 2.60. The zero-order valence-corrected chi connectivity index (χ0v) is 8.48. The van der Waals surface area contributed by atoms with Crippen molar-refractivity contribution in [2.75, 3.05) is 17.0 Å². The zero-order chi connectivity index (χ0) is 11.6. The second kappa shape index (κ2) is 4.13. The van der Waals surface area contributed by atoms with Gasteiger partial charge in [0.25, 0.3) is 5.91 Å². The average Bonchev–Trinajstić information content (AvgIpc) is 2.21. The number of amides is 1. The summed E-state index contributed by atoms with van der Waals surface area (Å²) in [5.41, 5.74) is 5.76. The van der Waals surface area contributed by atoms with E-state index >= 15 is 0 Å². The van der Waals surface area contributed by atoms with E-state index in [1.165, 1.54) is 7.05 Å². The molecule has 1 aromatic rings. The molecule has 0 aliphatic rings. The minimum Gasteiger partial charge on any atom is -0.368 e. The van der Waals surface area contributed by atoms with Crippen molar-refractivity contribution in [3.05, 3.63) is 21.0 Å². The number of alkyl halides is 1. The van der Waals surface area contributed by atoms with Crippen LogP contribution in [0.1, 0.15) is 0 Å². The first-order valence-corrected chi connectivity index (χ1v) is 4.32. The maximum atomic E-state index is 11.4. The van der Waals surface area contributed by atoms with E-state index < -0.39 is 23.2 Å². The van der Waals surface area contributed by atoms with E-state index in [2.05, 4.69) is 10.4 Å². The van der Waals surface area contributed by atoms with Crippen LogP contribution >= 0.6 is 11.6 Å². The molecule has 0 radical (unpaired) electrons. The van der Waals surface area contributed by atoms with Crippen molar-refractivity contribution >= 4 is 23.5 Å². The van der Waals surface area contributed by atoms with Crippen LogP contribution in [0.25, 0.3) is 0 Å². The molecule has 8 nitrogen and oxygen atoms in total. The van der Waals surface area contributed by atoms with Gasteiger partial charge in [-0.05, 0) is 0 Å². The van der Waals surface area contributed by atoms with Crippen molar-refractivity contribution in [1.82, 2.24) is 14.2 Å². The Morgan fingerprint density at radius 2 is 2.20 bits per heavy atom. The van der Waals surface area contributed by atoms with E-state index in [0.29, 0.717) is 9.24 Å². The van der Waals surface area contributed by atoms with Crippen LogP contribution in [0, 0.1) is 0 Å². The van der Waals surface area contributed by atoms with Gasteiger partial charge in [0.05, 0.1) is 0 Å². The van der Waals surface area contributed by atoms with Gasteiger partial charge in [-0.25, -0.2) is 14.2 Å². The molecule has 0 bridgehead atoms. The molecule has 0 atom stereocenters. The lowest BCUT2D eigenvalue weighted by Gasteiger charge is -2.09. The number of hydrogen-bond acceptors (Lipinski definition) is 5. The Bertz CT molecular complexity index is 504. The lowest BCUT2D eigenvalue weighted by molar-refractivity contribution is -0.114. The summed E-state index contributed by atoms with van der Waals surface area (Å²) in [6.45, 7) is 0. The van der Waals surface area contributed by atoms with Crippen molar-refractivity contribution in [3.8, 4) is 0 Å². The van der Waals surface area contributed by atoms with Crippen LogP contribution in [0.3, 0.4) is 0 Å². The predicted octanol–water partition coefficient (Wildman–Crippen LogP) is -2.17. The molecular formula is C6H8ClN5O3. The van der Waals surface area contributed by atoms with Crippen molar-refractivity contribution in [1.29, 1.82) is 0 Å². The van der Waals surface area contributed by atoms with Crippen LogP contribution in [0.2, 0.25) is 0 Å². The number of hydrogen-bond donors (Lipinski definition) is 2. The quantitative estimate of drug-likeness (QED) is 0.565. The molecule has 1 amide bonds. The third-order valence-electron chi connectivity index (χ3n) is 1.56. The molecule has 3 N–H and O–H groups in total. The molecular weight excluding hydrogens is 226 g/mol. The number of halogens is 1. The molecule has 82 valence electrons. The standard InChI is InChI=1S/C6H8ClN5O3/c1-11-5(14)9-4(8)12(6(11)15)10-3(13)2-7/h2H2,1H3,(H,10,13)(H2,8,9,14). The number of carbonyl (C=O) groups is 1. The predicted molar refractivity (Wildman–Crippen MR) is 53.2 cm³/mol. The van der Waals surface area contributed by atoms with E-state index in [1.54, 1.807) is 0 Å². The molecule has 0 spiro atoms. The highest BCUT2D eigenvalue weighted by Gasteiger charge is 2.09. The monoisotopic (exact) mass is 233 g/mol. The molecule has 1 heterocycles. The van der Waals surface area contributed by atoms with Gasteiger partial charge >= 0.3 is 11.4 Å². The molecule has 0 saturated heterocycles. The second-order valence-corrected chi connectivity index (χ2v) is 2.87. The van der Waals surface area contributed by atoms with Gasteiger partial charge in [0.15, 0.2) is 0 Å². The Kier molecular flexibility index (Phi) is 3.10. The number of aromatic nitrogens is 3. The fraction of sp³-hybridized carbons (Fsp3) is 0.333. The summed E-state index contributed by atoms with van der Waals surface area (Å²) >= 11 is 5.22. The Hall–Kier alpha value is -1.83. The number of nitrogen functional groups attached to an aromatic ring is 1. The van der Waals surface area contributed by atoms with E-state index in [-0.39, 0.29) is 5.88 Å². The Balaban J connectivity index is 3.31. The zero-order valence-electron chi connectivity index (χ0n) is 7.73. The average molecular weight is 234 g/mol. The third-order valence-corrected chi connectivity index (χ3v) is 1.81. The minimum absolute atomic E-state index is 0.339. The number of nitrogens with one attached hydrogen (secondary N) is 1. The van der Waals surface area contributed by atoms with Gasteiger partial charge in [0.1, 0.15) is 5.88 Å². The number of rotatable bonds is 2. The van der Waals surface area contributed by atoms with Gasteiger partial charge in [0.2, 0.25) is 5.95 Å². The molecule has 0 fully saturated rings. The van der Waals surface area contributed by atoms with Gasteiger partial charge in [-0.15, -0.1) is 11.6 Å². The fourth-order valence-corrected chi connectivity index (χ4v) is 0.872. The first-order valence-electron chi connectivity index (χ1n) is 3.78. The Morgan fingerprint density at radius 1 is 1.60 bits per heavy atom. The van der Waals surface area contributed by atoms with Gasteiger partial charge in [-0.1, -0.05) is 0 Å². The number of nitrogens with two attached hydrogens (primary N) is 1. The molecule has 1 aromatic heterocycles. The number of carbonyl (C=O) groups excluding carboxylic acids is 1.